The van der Waals surface area contributed by atoms with Gasteiger partial charge in [-0.05, 0) is 34.2 Å². The van der Waals surface area contributed by atoms with Crippen LogP contribution in [0.3, 0.4) is 0 Å². The smallest absolute Gasteiger partial charge is 0.307 e. The van der Waals surface area contributed by atoms with Gasteiger partial charge in [0.15, 0.2) is 0 Å². The Kier molecular flexibility index (Phi) is 4.40. The Labute approximate surface area is 80.7 Å². The van der Waals surface area contributed by atoms with Crippen LogP contribution in [-0.4, -0.2) is 35.1 Å². The number of carboxylic acids is 1. The molecule has 13 heavy (non-hydrogen) atoms. The fraction of sp³-hybridized carbons (Fsp3) is 0.900. The average molecular weight is 187 g/mol. The Morgan fingerprint density at radius 3 is 2.15 bits per heavy atom. The normalized spacial score (nSPS) is 14.6. The molecule has 0 spiro atoms. The van der Waals surface area contributed by atoms with E-state index in [1.165, 1.54) is 0 Å². The first-order valence-corrected chi connectivity index (χ1v) is 4.73. The summed E-state index contributed by atoms with van der Waals surface area (Å²) in [5.41, 5.74) is 0.0445. The van der Waals surface area contributed by atoms with Crippen molar-refractivity contribution < 1.29 is 9.90 Å². The summed E-state index contributed by atoms with van der Waals surface area (Å²) in [6.45, 7) is 8.79. The van der Waals surface area contributed by atoms with Crippen LogP contribution in [0.5, 0.6) is 0 Å². The lowest BCUT2D eigenvalue weighted by Crippen LogP contribution is -2.42. The van der Waals surface area contributed by atoms with Crippen molar-refractivity contribution in [3.05, 3.63) is 0 Å². The van der Waals surface area contributed by atoms with E-state index in [9.17, 15) is 4.79 Å². The molecule has 1 N–H and O–H groups in total. The third-order valence-corrected chi connectivity index (χ3v) is 2.48. The molecule has 3 nitrogen and oxygen atoms in total. The largest absolute Gasteiger partial charge is 0.481 e. The molecule has 1 unspecified atom stereocenters. The first-order chi connectivity index (χ1) is 5.79. The van der Waals surface area contributed by atoms with Gasteiger partial charge in [0.05, 0.1) is 5.92 Å². The number of carbonyl (C=O) groups is 1. The summed E-state index contributed by atoms with van der Waals surface area (Å²) in [6.07, 6.45) is 0.690. The molecular formula is C10H21NO2. The highest BCUT2D eigenvalue weighted by molar-refractivity contribution is 5.70. The van der Waals surface area contributed by atoms with Crippen LogP contribution in [-0.2, 0) is 4.79 Å². The SMILES string of the molecule is CCC(CN(C)C(C)(C)C)C(=O)O. The minimum Gasteiger partial charge on any atom is -0.481 e. The van der Waals surface area contributed by atoms with Crippen molar-refractivity contribution in [1.82, 2.24) is 4.90 Å². The van der Waals surface area contributed by atoms with Gasteiger partial charge in [-0.1, -0.05) is 6.92 Å². The van der Waals surface area contributed by atoms with Gasteiger partial charge in [-0.25, -0.2) is 0 Å². The molecule has 3 heteroatoms. The van der Waals surface area contributed by atoms with Crippen molar-refractivity contribution in [3.8, 4) is 0 Å². The molecular weight excluding hydrogens is 166 g/mol. The number of hydrogen-bond acceptors (Lipinski definition) is 2. The zero-order valence-corrected chi connectivity index (χ0v) is 9.29. The van der Waals surface area contributed by atoms with Crippen LogP contribution >= 0.6 is 0 Å². The molecule has 0 aromatic rings. The summed E-state index contributed by atoms with van der Waals surface area (Å²) >= 11 is 0. The van der Waals surface area contributed by atoms with Crippen LogP contribution < -0.4 is 0 Å². The molecule has 0 rings (SSSR count). The maximum Gasteiger partial charge on any atom is 0.307 e. The first kappa shape index (κ1) is 12.4. The third-order valence-electron chi connectivity index (χ3n) is 2.48. The van der Waals surface area contributed by atoms with E-state index in [-0.39, 0.29) is 11.5 Å². The topological polar surface area (TPSA) is 40.5 Å². The number of rotatable bonds is 4. The quantitative estimate of drug-likeness (QED) is 0.730. The Morgan fingerprint density at radius 2 is 1.92 bits per heavy atom. The van der Waals surface area contributed by atoms with E-state index in [1.54, 1.807) is 0 Å². The molecule has 0 amide bonds. The summed E-state index contributed by atoms with van der Waals surface area (Å²) in [4.78, 5) is 12.8. The lowest BCUT2D eigenvalue weighted by molar-refractivity contribution is -0.142. The number of nitrogens with zero attached hydrogens (tertiary/aromatic N) is 1. The molecule has 78 valence electrons. The predicted molar refractivity (Wildman–Crippen MR) is 53.8 cm³/mol. The summed E-state index contributed by atoms with van der Waals surface area (Å²) in [5, 5.41) is 8.86. The second-order valence-corrected chi connectivity index (χ2v) is 4.49. The summed E-state index contributed by atoms with van der Waals surface area (Å²) in [7, 11) is 1.96. The van der Waals surface area contributed by atoms with Gasteiger partial charge >= 0.3 is 5.97 Å². The van der Waals surface area contributed by atoms with Crippen molar-refractivity contribution in [1.29, 1.82) is 0 Å². The minimum absolute atomic E-state index is 0.0445. The Balaban J connectivity index is 4.17. The highest BCUT2D eigenvalue weighted by Gasteiger charge is 2.23. The van der Waals surface area contributed by atoms with Gasteiger partial charge in [0.25, 0.3) is 0 Å². The van der Waals surface area contributed by atoms with E-state index in [4.69, 9.17) is 5.11 Å². The molecule has 0 radical (unpaired) electrons. The molecule has 0 aliphatic carbocycles. The molecule has 0 fully saturated rings. The third kappa shape index (κ3) is 4.27. The maximum atomic E-state index is 10.8. The van der Waals surface area contributed by atoms with E-state index in [1.807, 2.05) is 14.0 Å². The Hall–Kier alpha value is -0.570. The summed E-state index contributed by atoms with van der Waals surface area (Å²) < 4.78 is 0. The van der Waals surface area contributed by atoms with Gasteiger partial charge < -0.3 is 10.0 Å². The van der Waals surface area contributed by atoms with Gasteiger partial charge in [0, 0.05) is 12.1 Å². The summed E-state index contributed by atoms with van der Waals surface area (Å²) in [6, 6.07) is 0. The van der Waals surface area contributed by atoms with Gasteiger partial charge in [-0.3, -0.25) is 4.79 Å². The van der Waals surface area contributed by atoms with Gasteiger partial charge in [0.1, 0.15) is 0 Å². The van der Waals surface area contributed by atoms with Crippen molar-refractivity contribution in [2.24, 2.45) is 5.92 Å². The number of hydrogen-bond donors (Lipinski definition) is 1. The monoisotopic (exact) mass is 187 g/mol. The van der Waals surface area contributed by atoms with Crippen LogP contribution in [0.2, 0.25) is 0 Å². The number of carboxylic acid groups (broad SMARTS) is 1. The standard InChI is InChI=1S/C10H21NO2/c1-6-8(9(12)13)7-11(5)10(2,3)4/h8H,6-7H2,1-5H3,(H,12,13). The molecule has 0 bridgehead atoms. The van der Waals surface area contributed by atoms with Crippen LogP contribution in [0.1, 0.15) is 34.1 Å². The van der Waals surface area contributed by atoms with E-state index in [0.29, 0.717) is 13.0 Å². The second-order valence-electron chi connectivity index (χ2n) is 4.49. The lowest BCUT2D eigenvalue weighted by Gasteiger charge is -2.33. The molecule has 0 aliphatic rings. The molecule has 0 saturated heterocycles. The average Bonchev–Trinajstić information content (AvgIpc) is 1.96. The fourth-order valence-electron chi connectivity index (χ4n) is 0.986. The molecule has 0 aromatic heterocycles. The zero-order valence-electron chi connectivity index (χ0n) is 9.29. The van der Waals surface area contributed by atoms with Crippen molar-refractivity contribution in [2.45, 2.75) is 39.7 Å². The first-order valence-electron chi connectivity index (χ1n) is 4.73. The van der Waals surface area contributed by atoms with Crippen LogP contribution in [0.4, 0.5) is 0 Å². The minimum atomic E-state index is -0.696. The second kappa shape index (κ2) is 4.61. The molecule has 0 aromatic carbocycles. The van der Waals surface area contributed by atoms with Crippen LogP contribution in [0.25, 0.3) is 0 Å². The van der Waals surface area contributed by atoms with Crippen LogP contribution in [0.15, 0.2) is 0 Å². The van der Waals surface area contributed by atoms with E-state index < -0.39 is 5.97 Å². The van der Waals surface area contributed by atoms with Gasteiger partial charge in [0.2, 0.25) is 0 Å². The highest BCUT2D eigenvalue weighted by Crippen LogP contribution is 2.14. The fourth-order valence-corrected chi connectivity index (χ4v) is 0.986. The van der Waals surface area contributed by atoms with Crippen molar-refractivity contribution in [3.63, 3.8) is 0 Å². The molecule has 0 saturated carbocycles. The predicted octanol–water partition coefficient (Wildman–Crippen LogP) is 1.83. The molecule has 0 heterocycles. The lowest BCUT2D eigenvalue weighted by atomic mass is 10.0. The Bertz CT molecular complexity index is 172. The van der Waals surface area contributed by atoms with Gasteiger partial charge in [-0.2, -0.15) is 0 Å². The highest BCUT2D eigenvalue weighted by atomic mass is 16.4. The zero-order chi connectivity index (χ0) is 10.6. The maximum absolute atomic E-state index is 10.8. The van der Waals surface area contributed by atoms with E-state index in [0.717, 1.165) is 0 Å². The van der Waals surface area contributed by atoms with Gasteiger partial charge in [-0.15, -0.1) is 0 Å². The summed E-state index contributed by atoms with van der Waals surface area (Å²) in [5.74, 6) is -0.942. The van der Waals surface area contributed by atoms with Crippen molar-refractivity contribution in [2.75, 3.05) is 13.6 Å². The molecule has 0 aliphatic heterocycles. The van der Waals surface area contributed by atoms with Crippen molar-refractivity contribution >= 4 is 5.97 Å². The molecule has 1 atom stereocenters. The van der Waals surface area contributed by atoms with Crippen LogP contribution in [0, 0.1) is 5.92 Å². The van der Waals surface area contributed by atoms with E-state index in [2.05, 4.69) is 25.7 Å². The van der Waals surface area contributed by atoms with E-state index >= 15 is 0 Å². The number of aliphatic carboxylic acids is 1. The Morgan fingerprint density at radius 1 is 1.46 bits per heavy atom.